The van der Waals surface area contributed by atoms with Crippen molar-refractivity contribution in [2.24, 2.45) is 10.9 Å². The monoisotopic (exact) mass is 215 g/mol. The summed E-state index contributed by atoms with van der Waals surface area (Å²) in [5.41, 5.74) is 5.59. The fourth-order valence-corrected chi connectivity index (χ4v) is 1.92. The molecule has 0 saturated carbocycles. The van der Waals surface area contributed by atoms with E-state index >= 15 is 0 Å². The molecule has 88 valence electrons. The van der Waals surface area contributed by atoms with E-state index in [-0.39, 0.29) is 11.9 Å². The summed E-state index contributed by atoms with van der Waals surface area (Å²) in [4.78, 5) is 0. The molecule has 0 aromatic carbocycles. The number of rotatable bonds is 4. The van der Waals surface area contributed by atoms with Crippen LogP contribution in [-0.2, 0) is 4.74 Å². The zero-order valence-electron chi connectivity index (χ0n) is 9.44. The maximum absolute atomic E-state index is 8.62. The number of nitrogens with one attached hydrogen (secondary N) is 1. The molecule has 0 aromatic heterocycles. The number of ether oxygens (including phenoxy) is 1. The molecule has 0 amide bonds. The van der Waals surface area contributed by atoms with Crippen LogP contribution in [-0.4, -0.2) is 35.8 Å². The lowest BCUT2D eigenvalue weighted by Crippen LogP contribution is -2.49. The van der Waals surface area contributed by atoms with Crippen LogP contribution in [0.1, 0.15) is 33.1 Å². The van der Waals surface area contributed by atoms with Gasteiger partial charge in [0.1, 0.15) is 0 Å². The molecule has 0 radical (unpaired) electrons. The third-order valence-corrected chi connectivity index (χ3v) is 2.80. The summed E-state index contributed by atoms with van der Waals surface area (Å²) in [5.74, 6) is 0.261. The number of nitrogens with zero attached hydrogens (tertiary/aromatic N) is 1. The van der Waals surface area contributed by atoms with E-state index in [2.05, 4.69) is 17.4 Å². The molecule has 3 unspecified atom stereocenters. The first-order chi connectivity index (χ1) is 7.17. The lowest BCUT2D eigenvalue weighted by atomic mass is 10.0. The Hall–Kier alpha value is -0.810. The molecular formula is C10H21N3O2. The first-order valence-electron chi connectivity index (χ1n) is 5.52. The minimum atomic E-state index is -0.0368. The Balaban J connectivity index is 2.44. The molecule has 0 aliphatic carbocycles. The molecule has 1 rings (SSSR count). The molecule has 1 fully saturated rings. The zero-order valence-corrected chi connectivity index (χ0v) is 9.44. The van der Waals surface area contributed by atoms with Gasteiger partial charge in [0.05, 0.1) is 12.1 Å². The highest BCUT2D eigenvalue weighted by Gasteiger charge is 2.22. The van der Waals surface area contributed by atoms with Crippen LogP contribution in [0.4, 0.5) is 0 Å². The van der Waals surface area contributed by atoms with E-state index in [4.69, 9.17) is 15.7 Å². The number of nitrogens with two attached hydrogens (primary N) is 1. The van der Waals surface area contributed by atoms with Crippen LogP contribution in [0.15, 0.2) is 5.16 Å². The molecule has 0 aromatic rings. The Morgan fingerprint density at radius 1 is 1.73 bits per heavy atom. The summed E-state index contributed by atoms with van der Waals surface area (Å²) < 4.78 is 5.46. The molecule has 1 aliphatic rings. The van der Waals surface area contributed by atoms with Crippen molar-refractivity contribution in [3.05, 3.63) is 0 Å². The Morgan fingerprint density at radius 3 is 3.00 bits per heavy atom. The zero-order chi connectivity index (χ0) is 11.3. The molecule has 1 heterocycles. The van der Waals surface area contributed by atoms with Gasteiger partial charge >= 0.3 is 0 Å². The second kappa shape index (κ2) is 5.92. The van der Waals surface area contributed by atoms with E-state index in [1.807, 2.05) is 6.92 Å². The van der Waals surface area contributed by atoms with Gasteiger partial charge in [0.25, 0.3) is 0 Å². The quantitative estimate of drug-likeness (QED) is 0.279. The Kier molecular flexibility index (Phi) is 4.84. The molecule has 1 aliphatic heterocycles. The maximum Gasteiger partial charge on any atom is 0.156 e. The second-order valence-electron chi connectivity index (χ2n) is 4.06. The smallest absolute Gasteiger partial charge is 0.156 e. The molecule has 0 spiro atoms. The summed E-state index contributed by atoms with van der Waals surface area (Å²) in [7, 11) is 0. The minimum absolute atomic E-state index is 0.0368. The average Bonchev–Trinajstić information content (AvgIpc) is 2.25. The molecule has 3 atom stereocenters. The van der Waals surface area contributed by atoms with Crippen molar-refractivity contribution in [1.82, 2.24) is 5.32 Å². The normalized spacial score (nSPS) is 30.1. The van der Waals surface area contributed by atoms with Gasteiger partial charge in [-0.15, -0.1) is 0 Å². The van der Waals surface area contributed by atoms with Crippen molar-refractivity contribution in [3.63, 3.8) is 0 Å². The Bertz CT molecular complexity index is 221. The van der Waals surface area contributed by atoms with Gasteiger partial charge in [-0.05, 0) is 26.2 Å². The summed E-state index contributed by atoms with van der Waals surface area (Å²) >= 11 is 0. The second-order valence-corrected chi connectivity index (χ2v) is 4.06. The first-order valence-corrected chi connectivity index (χ1v) is 5.52. The third-order valence-electron chi connectivity index (χ3n) is 2.80. The van der Waals surface area contributed by atoms with E-state index in [0.717, 1.165) is 25.9 Å². The fraction of sp³-hybridized carbons (Fsp3) is 0.900. The predicted molar refractivity (Wildman–Crippen MR) is 59.1 cm³/mol. The van der Waals surface area contributed by atoms with Crippen LogP contribution in [0.25, 0.3) is 0 Å². The first kappa shape index (κ1) is 12.3. The van der Waals surface area contributed by atoms with Gasteiger partial charge in [-0.2, -0.15) is 0 Å². The average molecular weight is 215 g/mol. The molecule has 15 heavy (non-hydrogen) atoms. The van der Waals surface area contributed by atoms with Crippen LogP contribution >= 0.6 is 0 Å². The van der Waals surface area contributed by atoms with Gasteiger partial charge in [0.15, 0.2) is 5.84 Å². The van der Waals surface area contributed by atoms with Crippen molar-refractivity contribution in [2.45, 2.75) is 51.3 Å². The van der Waals surface area contributed by atoms with E-state index in [1.165, 1.54) is 0 Å². The Morgan fingerprint density at radius 2 is 2.47 bits per heavy atom. The van der Waals surface area contributed by atoms with E-state index in [0.29, 0.717) is 12.1 Å². The van der Waals surface area contributed by atoms with Gasteiger partial charge in [-0.3, -0.25) is 0 Å². The van der Waals surface area contributed by atoms with Crippen LogP contribution in [0.5, 0.6) is 0 Å². The van der Waals surface area contributed by atoms with E-state index in [9.17, 15) is 0 Å². The number of oxime groups is 1. The van der Waals surface area contributed by atoms with Crippen LogP contribution < -0.4 is 11.1 Å². The molecular weight excluding hydrogens is 194 g/mol. The lowest BCUT2D eigenvalue weighted by Gasteiger charge is -2.30. The SMILES string of the molecule is CCC(NC1CCOC(C)C1)C(N)=NO. The predicted octanol–water partition coefficient (Wildman–Crippen LogP) is 0.669. The van der Waals surface area contributed by atoms with Gasteiger partial charge in [-0.1, -0.05) is 12.1 Å². The number of amidine groups is 1. The van der Waals surface area contributed by atoms with Crippen molar-refractivity contribution in [1.29, 1.82) is 0 Å². The molecule has 0 bridgehead atoms. The summed E-state index contributed by atoms with van der Waals surface area (Å²) in [5, 5.41) is 15.1. The summed E-state index contributed by atoms with van der Waals surface area (Å²) in [6.45, 7) is 4.86. The summed E-state index contributed by atoms with van der Waals surface area (Å²) in [6, 6.07) is 0.365. The van der Waals surface area contributed by atoms with Crippen molar-refractivity contribution < 1.29 is 9.94 Å². The van der Waals surface area contributed by atoms with Gasteiger partial charge in [-0.25, -0.2) is 0 Å². The fourth-order valence-electron chi connectivity index (χ4n) is 1.92. The third kappa shape index (κ3) is 3.68. The highest BCUT2D eigenvalue weighted by Crippen LogP contribution is 2.14. The van der Waals surface area contributed by atoms with E-state index < -0.39 is 0 Å². The van der Waals surface area contributed by atoms with Crippen LogP contribution in [0.2, 0.25) is 0 Å². The van der Waals surface area contributed by atoms with Gasteiger partial charge < -0.3 is 21.0 Å². The summed E-state index contributed by atoms with van der Waals surface area (Å²) in [6.07, 6.45) is 3.08. The minimum Gasteiger partial charge on any atom is -0.409 e. The van der Waals surface area contributed by atoms with E-state index in [1.54, 1.807) is 0 Å². The highest BCUT2D eigenvalue weighted by molar-refractivity contribution is 5.85. The standard InChI is InChI=1S/C10H21N3O2/c1-3-9(10(11)13-14)12-8-4-5-15-7(2)6-8/h7-9,12,14H,3-6H2,1-2H3,(H2,11,13). The topological polar surface area (TPSA) is 79.9 Å². The van der Waals surface area contributed by atoms with Crippen LogP contribution in [0.3, 0.4) is 0 Å². The van der Waals surface area contributed by atoms with Gasteiger partial charge in [0, 0.05) is 12.6 Å². The molecule has 5 nitrogen and oxygen atoms in total. The maximum atomic E-state index is 8.62. The highest BCUT2D eigenvalue weighted by atomic mass is 16.5. The van der Waals surface area contributed by atoms with Crippen molar-refractivity contribution in [3.8, 4) is 0 Å². The number of hydrogen-bond acceptors (Lipinski definition) is 4. The lowest BCUT2D eigenvalue weighted by molar-refractivity contribution is 0.0124. The van der Waals surface area contributed by atoms with Crippen molar-refractivity contribution in [2.75, 3.05) is 6.61 Å². The van der Waals surface area contributed by atoms with Crippen LogP contribution in [0, 0.1) is 0 Å². The molecule has 4 N–H and O–H groups in total. The molecule has 5 heteroatoms. The van der Waals surface area contributed by atoms with Crippen molar-refractivity contribution >= 4 is 5.84 Å². The Labute approximate surface area is 90.7 Å². The largest absolute Gasteiger partial charge is 0.409 e. The van der Waals surface area contributed by atoms with Gasteiger partial charge in [0.2, 0.25) is 0 Å². The number of hydrogen-bond donors (Lipinski definition) is 3. The molecule has 1 saturated heterocycles.